The third-order valence-electron chi connectivity index (χ3n) is 4.05. The average molecular weight is 370 g/mol. The summed E-state index contributed by atoms with van der Waals surface area (Å²) in [6, 6.07) is 16.9. The third kappa shape index (κ3) is 4.24. The van der Waals surface area contributed by atoms with Crippen molar-refractivity contribution in [3.8, 4) is 17.0 Å². The van der Waals surface area contributed by atoms with Gasteiger partial charge in [0, 0.05) is 17.6 Å². The predicted octanol–water partition coefficient (Wildman–Crippen LogP) is 4.19. The van der Waals surface area contributed by atoms with Crippen LogP contribution in [0.4, 0.5) is 0 Å². The molecular weight excluding hydrogens is 350 g/mol. The molecule has 0 aliphatic rings. The molecule has 134 valence electrons. The number of aryl methyl sites for hydroxylation is 1. The molecule has 0 bridgehead atoms. The van der Waals surface area contributed by atoms with Gasteiger partial charge in [0.25, 0.3) is 5.91 Å². The van der Waals surface area contributed by atoms with Crippen molar-refractivity contribution in [3.63, 3.8) is 0 Å². The number of carbonyl (C=O) groups excluding carboxylic acids is 1. The molecule has 3 rings (SSSR count). The van der Waals surface area contributed by atoms with Crippen molar-refractivity contribution in [3.05, 3.63) is 70.9 Å². The Balaban J connectivity index is 1.59. The Labute approximate surface area is 157 Å². The van der Waals surface area contributed by atoms with Crippen LogP contribution in [0.1, 0.15) is 16.1 Å². The van der Waals surface area contributed by atoms with E-state index >= 15 is 0 Å². The van der Waals surface area contributed by atoms with E-state index in [-0.39, 0.29) is 5.91 Å². The monoisotopic (exact) mass is 369 g/mol. The van der Waals surface area contributed by atoms with Crippen LogP contribution in [0.3, 0.4) is 0 Å². The van der Waals surface area contributed by atoms with Gasteiger partial charge in [-0.1, -0.05) is 41.9 Å². The molecule has 1 aromatic heterocycles. The average Bonchev–Trinajstić information content (AvgIpc) is 3.13. The zero-order chi connectivity index (χ0) is 18.5. The summed E-state index contributed by atoms with van der Waals surface area (Å²) in [7, 11) is 1.74. The molecule has 1 amide bonds. The maximum atomic E-state index is 12.5. The molecule has 0 fully saturated rings. The number of hydrogen-bond acceptors (Lipinski definition) is 3. The summed E-state index contributed by atoms with van der Waals surface area (Å²) in [6.45, 7) is 2.88. The minimum Gasteiger partial charge on any atom is -0.491 e. The number of amides is 1. The number of nitrogens with zero attached hydrogens (tertiary/aromatic N) is 2. The van der Waals surface area contributed by atoms with E-state index in [9.17, 15) is 4.79 Å². The molecular formula is C20H20ClN3O2. The maximum Gasteiger partial charge on any atom is 0.271 e. The minimum absolute atomic E-state index is 0.140. The van der Waals surface area contributed by atoms with Crippen molar-refractivity contribution in [2.45, 2.75) is 6.92 Å². The molecule has 0 radical (unpaired) electrons. The highest BCUT2D eigenvalue weighted by atomic mass is 35.5. The van der Waals surface area contributed by atoms with Crippen molar-refractivity contribution in [1.82, 2.24) is 15.1 Å². The van der Waals surface area contributed by atoms with Gasteiger partial charge in [0.2, 0.25) is 0 Å². The molecule has 0 aliphatic carbocycles. The van der Waals surface area contributed by atoms with Gasteiger partial charge in [-0.25, -0.2) is 0 Å². The Bertz CT molecular complexity index is 907. The van der Waals surface area contributed by atoms with Gasteiger partial charge < -0.3 is 9.64 Å². The molecule has 0 unspecified atom stereocenters. The van der Waals surface area contributed by atoms with Crippen LogP contribution in [0.15, 0.2) is 54.6 Å². The largest absolute Gasteiger partial charge is 0.491 e. The zero-order valence-corrected chi connectivity index (χ0v) is 15.5. The number of H-pyrrole nitrogens is 1. The quantitative estimate of drug-likeness (QED) is 0.708. The number of ether oxygens (including phenoxy) is 1. The highest BCUT2D eigenvalue weighted by Crippen LogP contribution is 2.21. The lowest BCUT2D eigenvalue weighted by Gasteiger charge is -2.17. The van der Waals surface area contributed by atoms with Crippen LogP contribution in [-0.2, 0) is 0 Å². The molecule has 5 nitrogen and oxygen atoms in total. The molecule has 0 atom stereocenters. The van der Waals surface area contributed by atoms with Crippen molar-refractivity contribution < 1.29 is 9.53 Å². The Hall–Kier alpha value is -2.79. The Morgan fingerprint density at radius 2 is 2.00 bits per heavy atom. The van der Waals surface area contributed by atoms with Crippen molar-refractivity contribution >= 4 is 17.5 Å². The number of carbonyl (C=O) groups is 1. The topological polar surface area (TPSA) is 58.2 Å². The van der Waals surface area contributed by atoms with Gasteiger partial charge in [-0.3, -0.25) is 9.89 Å². The van der Waals surface area contributed by atoms with Gasteiger partial charge >= 0.3 is 0 Å². The molecule has 6 heteroatoms. The van der Waals surface area contributed by atoms with E-state index in [1.807, 2.05) is 49.4 Å². The van der Waals surface area contributed by atoms with Crippen molar-refractivity contribution in [1.29, 1.82) is 0 Å². The van der Waals surface area contributed by atoms with Gasteiger partial charge in [-0.05, 0) is 36.8 Å². The van der Waals surface area contributed by atoms with Gasteiger partial charge in [-0.2, -0.15) is 5.10 Å². The summed E-state index contributed by atoms with van der Waals surface area (Å²) in [5, 5.41) is 7.63. The fraction of sp³-hybridized carbons (Fsp3) is 0.200. The summed E-state index contributed by atoms with van der Waals surface area (Å²) in [6.07, 6.45) is 0. The van der Waals surface area contributed by atoms with Crippen LogP contribution in [-0.4, -0.2) is 41.2 Å². The van der Waals surface area contributed by atoms with Gasteiger partial charge in [0.05, 0.1) is 12.2 Å². The molecule has 1 N–H and O–H groups in total. The Morgan fingerprint density at radius 3 is 2.77 bits per heavy atom. The molecule has 0 saturated heterocycles. The molecule has 3 aromatic rings. The maximum absolute atomic E-state index is 12.5. The number of rotatable bonds is 6. The molecule has 1 heterocycles. The van der Waals surface area contributed by atoms with Crippen LogP contribution < -0.4 is 4.74 Å². The second kappa shape index (κ2) is 8.06. The van der Waals surface area contributed by atoms with E-state index in [1.54, 1.807) is 24.1 Å². The first-order valence-electron chi connectivity index (χ1n) is 8.30. The molecule has 0 saturated carbocycles. The smallest absolute Gasteiger partial charge is 0.271 e. The predicted molar refractivity (Wildman–Crippen MR) is 103 cm³/mol. The lowest BCUT2D eigenvalue weighted by molar-refractivity contribution is 0.0768. The molecule has 2 aromatic carbocycles. The normalized spacial score (nSPS) is 10.6. The van der Waals surface area contributed by atoms with Gasteiger partial charge in [-0.15, -0.1) is 0 Å². The second-order valence-corrected chi connectivity index (χ2v) is 6.45. The van der Waals surface area contributed by atoms with Crippen molar-refractivity contribution in [2.24, 2.45) is 0 Å². The third-order valence-corrected chi connectivity index (χ3v) is 4.29. The van der Waals surface area contributed by atoms with E-state index in [1.165, 1.54) is 0 Å². The second-order valence-electron chi connectivity index (χ2n) is 6.02. The number of likely N-dealkylation sites (N-methyl/N-ethyl adjacent to an activating group) is 1. The molecule has 0 aliphatic heterocycles. The summed E-state index contributed by atoms with van der Waals surface area (Å²) in [5.74, 6) is 0.692. The number of aromatic nitrogens is 2. The number of halogens is 1. The number of benzene rings is 2. The standard InChI is InChI=1S/C20H20ClN3O2/c1-14-6-3-4-9-19(14)26-11-10-24(2)20(25)18-13-17(22-23-18)15-7-5-8-16(21)12-15/h3-9,12-13H,10-11H2,1-2H3,(H,22,23). The van der Waals surface area contributed by atoms with Crippen LogP contribution in [0.25, 0.3) is 11.3 Å². The summed E-state index contributed by atoms with van der Waals surface area (Å²) in [5.41, 5.74) is 3.04. The van der Waals surface area contributed by atoms with Crippen LogP contribution in [0, 0.1) is 6.92 Å². The number of aromatic amines is 1. The van der Waals surface area contributed by atoms with Crippen LogP contribution in [0.5, 0.6) is 5.75 Å². The fourth-order valence-electron chi connectivity index (χ4n) is 2.55. The summed E-state index contributed by atoms with van der Waals surface area (Å²) < 4.78 is 5.75. The van der Waals surface area contributed by atoms with E-state index in [4.69, 9.17) is 16.3 Å². The summed E-state index contributed by atoms with van der Waals surface area (Å²) in [4.78, 5) is 14.1. The number of nitrogens with one attached hydrogen (secondary N) is 1. The van der Waals surface area contributed by atoms with E-state index in [0.29, 0.717) is 29.6 Å². The van der Waals surface area contributed by atoms with Crippen molar-refractivity contribution in [2.75, 3.05) is 20.2 Å². The lowest BCUT2D eigenvalue weighted by atomic mass is 10.1. The fourth-order valence-corrected chi connectivity index (χ4v) is 2.74. The van der Waals surface area contributed by atoms with Crippen LogP contribution in [0.2, 0.25) is 5.02 Å². The number of hydrogen-bond donors (Lipinski definition) is 1. The first-order valence-corrected chi connectivity index (χ1v) is 8.67. The van der Waals surface area contributed by atoms with E-state index in [2.05, 4.69) is 10.2 Å². The number of para-hydroxylation sites is 1. The zero-order valence-electron chi connectivity index (χ0n) is 14.7. The first kappa shape index (κ1) is 18.0. The Morgan fingerprint density at radius 1 is 1.19 bits per heavy atom. The molecule has 26 heavy (non-hydrogen) atoms. The highest BCUT2D eigenvalue weighted by Gasteiger charge is 2.15. The van der Waals surface area contributed by atoms with Crippen LogP contribution >= 0.6 is 11.6 Å². The lowest BCUT2D eigenvalue weighted by Crippen LogP contribution is -2.31. The van der Waals surface area contributed by atoms with Gasteiger partial charge in [0.1, 0.15) is 18.1 Å². The molecule has 0 spiro atoms. The SMILES string of the molecule is Cc1ccccc1OCCN(C)C(=O)c1cc(-c2cccc(Cl)c2)n[nH]1. The first-order chi connectivity index (χ1) is 12.5. The van der Waals surface area contributed by atoms with E-state index in [0.717, 1.165) is 16.9 Å². The minimum atomic E-state index is -0.140. The van der Waals surface area contributed by atoms with E-state index < -0.39 is 0 Å². The Kier molecular flexibility index (Phi) is 5.58. The summed E-state index contributed by atoms with van der Waals surface area (Å²) >= 11 is 6.01. The highest BCUT2D eigenvalue weighted by molar-refractivity contribution is 6.30. The van der Waals surface area contributed by atoms with Gasteiger partial charge in [0.15, 0.2) is 0 Å².